The number of guanidine groups is 1. The van der Waals surface area contributed by atoms with Crippen LogP contribution in [0.3, 0.4) is 0 Å². The number of hydrogen-bond donors (Lipinski definition) is 2. The van der Waals surface area contributed by atoms with E-state index in [0.29, 0.717) is 6.54 Å². The number of aryl methyl sites for hydroxylation is 1. The maximum absolute atomic E-state index is 4.71. The van der Waals surface area contributed by atoms with Crippen molar-refractivity contribution < 1.29 is 0 Å². The minimum absolute atomic E-state index is 0.637. The van der Waals surface area contributed by atoms with Gasteiger partial charge in [-0.3, -0.25) is 0 Å². The van der Waals surface area contributed by atoms with Gasteiger partial charge in [0.2, 0.25) is 0 Å². The Morgan fingerprint density at radius 1 is 1.00 bits per heavy atom. The van der Waals surface area contributed by atoms with Crippen molar-refractivity contribution in [3.8, 4) is 0 Å². The van der Waals surface area contributed by atoms with E-state index in [0.717, 1.165) is 37.8 Å². The highest BCUT2D eigenvalue weighted by atomic mass is 32.2. The van der Waals surface area contributed by atoms with E-state index < -0.39 is 0 Å². The molecule has 0 saturated heterocycles. The Morgan fingerprint density at radius 3 is 2.48 bits per heavy atom. The van der Waals surface area contributed by atoms with Gasteiger partial charge in [-0.15, -0.1) is 10.2 Å². The van der Waals surface area contributed by atoms with Gasteiger partial charge in [-0.05, 0) is 36.8 Å². The van der Waals surface area contributed by atoms with E-state index in [1.165, 1.54) is 15.4 Å². The molecule has 0 fully saturated rings. The summed E-state index contributed by atoms with van der Waals surface area (Å²) >= 11 is 1.77. The van der Waals surface area contributed by atoms with Gasteiger partial charge in [0.05, 0.1) is 6.54 Å². The van der Waals surface area contributed by atoms with Crippen LogP contribution in [-0.2, 0) is 19.5 Å². The molecule has 2 aromatic carbocycles. The van der Waals surface area contributed by atoms with Crippen molar-refractivity contribution in [3.63, 3.8) is 0 Å². The summed E-state index contributed by atoms with van der Waals surface area (Å²) in [5, 5.41) is 14.8. The normalized spacial score (nSPS) is 11.4. The van der Waals surface area contributed by atoms with Crippen molar-refractivity contribution in [1.29, 1.82) is 0 Å². The van der Waals surface area contributed by atoms with Crippen LogP contribution in [0.4, 0.5) is 0 Å². The van der Waals surface area contributed by atoms with Crippen LogP contribution in [0.1, 0.15) is 25.2 Å². The number of nitrogens with one attached hydrogen (secondary N) is 2. The highest BCUT2D eigenvalue weighted by molar-refractivity contribution is 7.99. The van der Waals surface area contributed by atoms with Crippen molar-refractivity contribution in [2.24, 2.45) is 4.99 Å². The molecular weight excluding hydrogens is 380 g/mol. The summed E-state index contributed by atoms with van der Waals surface area (Å²) in [6.45, 7) is 7.20. The molecule has 0 unspecified atom stereocenters. The highest BCUT2D eigenvalue weighted by Gasteiger charge is 2.03. The van der Waals surface area contributed by atoms with E-state index >= 15 is 0 Å². The van der Waals surface area contributed by atoms with Gasteiger partial charge in [0.15, 0.2) is 5.96 Å². The van der Waals surface area contributed by atoms with Crippen molar-refractivity contribution in [2.75, 3.05) is 13.1 Å². The molecule has 1 aromatic heterocycles. The largest absolute Gasteiger partial charge is 0.357 e. The summed E-state index contributed by atoms with van der Waals surface area (Å²) in [5.74, 6) is 1.82. The maximum Gasteiger partial charge on any atom is 0.191 e. The average molecular weight is 409 g/mol. The van der Waals surface area contributed by atoms with E-state index in [4.69, 9.17) is 4.99 Å². The van der Waals surface area contributed by atoms with Crippen LogP contribution in [0, 0.1) is 0 Å². The molecule has 0 amide bonds. The summed E-state index contributed by atoms with van der Waals surface area (Å²) < 4.78 is 2.07. The predicted molar refractivity (Wildman–Crippen MR) is 119 cm³/mol. The van der Waals surface area contributed by atoms with E-state index in [9.17, 15) is 0 Å². The smallest absolute Gasteiger partial charge is 0.191 e. The first-order valence-electron chi connectivity index (χ1n) is 9.99. The lowest BCUT2D eigenvalue weighted by Crippen LogP contribution is -2.38. The van der Waals surface area contributed by atoms with Crippen LogP contribution >= 0.6 is 11.8 Å². The van der Waals surface area contributed by atoms with Gasteiger partial charge in [0, 0.05) is 35.8 Å². The van der Waals surface area contributed by atoms with Crippen LogP contribution in [0.15, 0.2) is 75.7 Å². The minimum atomic E-state index is 0.637. The SMILES string of the molecule is CCNC(=NCc1ccc(Sc2ccccc2)cc1)NCCn1cnnc1CC. The molecule has 29 heavy (non-hydrogen) atoms. The first-order chi connectivity index (χ1) is 14.3. The van der Waals surface area contributed by atoms with Crippen molar-refractivity contribution in [3.05, 3.63) is 72.3 Å². The Hall–Kier alpha value is -2.80. The lowest BCUT2D eigenvalue weighted by Gasteiger charge is -2.12. The van der Waals surface area contributed by atoms with Gasteiger partial charge in [-0.1, -0.05) is 49.0 Å². The van der Waals surface area contributed by atoms with Crippen LogP contribution in [0.2, 0.25) is 0 Å². The maximum atomic E-state index is 4.71. The number of nitrogens with zero attached hydrogens (tertiary/aromatic N) is 4. The Morgan fingerprint density at radius 2 is 1.76 bits per heavy atom. The molecule has 0 atom stereocenters. The van der Waals surface area contributed by atoms with Gasteiger partial charge >= 0.3 is 0 Å². The molecule has 152 valence electrons. The van der Waals surface area contributed by atoms with Gasteiger partial charge in [0.25, 0.3) is 0 Å². The first-order valence-corrected chi connectivity index (χ1v) is 10.8. The van der Waals surface area contributed by atoms with Gasteiger partial charge in [-0.2, -0.15) is 0 Å². The Bertz CT molecular complexity index is 889. The zero-order valence-electron chi connectivity index (χ0n) is 17.0. The lowest BCUT2D eigenvalue weighted by atomic mass is 10.2. The van der Waals surface area contributed by atoms with Crippen molar-refractivity contribution >= 4 is 17.7 Å². The quantitative estimate of drug-likeness (QED) is 0.417. The minimum Gasteiger partial charge on any atom is -0.357 e. The number of aliphatic imine (C=N–C) groups is 1. The molecule has 0 aliphatic heterocycles. The monoisotopic (exact) mass is 408 g/mol. The molecule has 0 bridgehead atoms. The van der Waals surface area contributed by atoms with Crippen molar-refractivity contribution in [1.82, 2.24) is 25.4 Å². The van der Waals surface area contributed by atoms with Crippen LogP contribution in [-0.4, -0.2) is 33.8 Å². The highest BCUT2D eigenvalue weighted by Crippen LogP contribution is 2.27. The van der Waals surface area contributed by atoms with Crippen LogP contribution in [0.5, 0.6) is 0 Å². The van der Waals surface area contributed by atoms with E-state index in [1.54, 1.807) is 18.1 Å². The summed E-state index contributed by atoms with van der Waals surface area (Å²) in [6.07, 6.45) is 2.66. The molecule has 7 heteroatoms. The fraction of sp³-hybridized carbons (Fsp3) is 0.318. The summed E-state index contributed by atoms with van der Waals surface area (Å²) in [4.78, 5) is 7.18. The molecule has 1 heterocycles. The Labute approximate surface area is 176 Å². The fourth-order valence-electron chi connectivity index (χ4n) is 2.83. The molecule has 6 nitrogen and oxygen atoms in total. The zero-order chi connectivity index (χ0) is 20.3. The average Bonchev–Trinajstić information content (AvgIpc) is 3.21. The molecule has 0 saturated carbocycles. The Kier molecular flexibility index (Phi) is 8.12. The van der Waals surface area contributed by atoms with Crippen molar-refractivity contribution in [2.45, 2.75) is 43.1 Å². The molecule has 0 spiro atoms. The second-order valence-electron chi connectivity index (χ2n) is 6.48. The molecule has 0 aliphatic rings. The lowest BCUT2D eigenvalue weighted by molar-refractivity contribution is 0.632. The number of benzene rings is 2. The van der Waals surface area contributed by atoms with Crippen LogP contribution < -0.4 is 10.6 Å². The Balaban J connectivity index is 1.52. The first kappa shape index (κ1) is 20.9. The van der Waals surface area contributed by atoms with Gasteiger partial charge < -0.3 is 15.2 Å². The molecule has 3 rings (SSSR count). The molecule has 0 aliphatic carbocycles. The topological polar surface area (TPSA) is 67.1 Å². The van der Waals surface area contributed by atoms with E-state index in [1.807, 2.05) is 6.07 Å². The summed E-state index contributed by atoms with van der Waals surface area (Å²) in [7, 11) is 0. The number of aromatic nitrogens is 3. The van der Waals surface area contributed by atoms with Gasteiger partial charge in [-0.25, -0.2) is 4.99 Å². The van der Waals surface area contributed by atoms with Gasteiger partial charge in [0.1, 0.15) is 12.2 Å². The summed E-state index contributed by atoms with van der Waals surface area (Å²) in [6, 6.07) is 19.0. The third-order valence-electron chi connectivity index (χ3n) is 4.32. The third-order valence-corrected chi connectivity index (χ3v) is 5.34. The fourth-order valence-corrected chi connectivity index (χ4v) is 3.67. The van der Waals surface area contributed by atoms with E-state index in [2.05, 4.69) is 87.8 Å². The third kappa shape index (κ3) is 6.64. The molecule has 2 N–H and O–H groups in total. The van der Waals surface area contributed by atoms with Crippen LogP contribution in [0.25, 0.3) is 0 Å². The number of hydrogen-bond acceptors (Lipinski definition) is 4. The second kappa shape index (κ2) is 11.3. The molecule has 3 aromatic rings. The standard InChI is InChI=1S/C22H28N6S/c1-3-21-27-26-17-28(21)15-14-24-22(23-4-2)25-16-18-10-12-20(13-11-18)29-19-8-6-5-7-9-19/h5-13,17H,3-4,14-16H2,1-2H3,(H2,23,24,25). The summed E-state index contributed by atoms with van der Waals surface area (Å²) in [5.41, 5.74) is 1.19. The predicted octanol–water partition coefficient (Wildman–Crippen LogP) is 3.75. The molecular formula is C22H28N6S. The molecule has 0 radical (unpaired) electrons. The van der Waals surface area contributed by atoms with E-state index in [-0.39, 0.29) is 0 Å². The second-order valence-corrected chi connectivity index (χ2v) is 7.62. The number of rotatable bonds is 9. The zero-order valence-corrected chi connectivity index (χ0v) is 17.8.